The van der Waals surface area contributed by atoms with Crippen LogP contribution in [0.2, 0.25) is 0 Å². The Hall–Kier alpha value is -2.62. The number of amides is 3. The van der Waals surface area contributed by atoms with Crippen molar-refractivity contribution < 1.29 is 33.8 Å². The largest absolute Gasteiger partial charge is 0.481 e. The van der Waals surface area contributed by atoms with Gasteiger partial charge >= 0.3 is 12.1 Å². The summed E-state index contributed by atoms with van der Waals surface area (Å²) in [5.74, 6) is -2.27. The zero-order valence-corrected chi connectivity index (χ0v) is 26.0. The van der Waals surface area contributed by atoms with Gasteiger partial charge in [0.05, 0.1) is 24.1 Å². The van der Waals surface area contributed by atoms with Crippen molar-refractivity contribution in [2.24, 2.45) is 17.3 Å². The quantitative estimate of drug-likeness (QED) is 0.391. The minimum atomic E-state index is -0.971. The van der Waals surface area contributed by atoms with E-state index in [4.69, 9.17) is 9.47 Å². The molecule has 1 heterocycles. The van der Waals surface area contributed by atoms with Crippen LogP contribution in [0.3, 0.4) is 0 Å². The molecule has 1 fully saturated rings. The van der Waals surface area contributed by atoms with Crippen LogP contribution in [-0.2, 0) is 23.9 Å². The van der Waals surface area contributed by atoms with Crippen LogP contribution in [0.25, 0.3) is 0 Å². The van der Waals surface area contributed by atoms with E-state index in [0.717, 1.165) is 6.42 Å². The maximum atomic E-state index is 13.7. The van der Waals surface area contributed by atoms with Crippen molar-refractivity contribution in [2.45, 2.75) is 112 Å². The Labute approximate surface area is 234 Å². The number of carboxylic acid groups (broad SMARTS) is 1. The van der Waals surface area contributed by atoms with Gasteiger partial charge < -0.3 is 29.7 Å². The van der Waals surface area contributed by atoms with Crippen molar-refractivity contribution in [3.05, 3.63) is 11.6 Å². The van der Waals surface area contributed by atoms with Crippen molar-refractivity contribution >= 4 is 23.9 Å². The molecule has 0 spiro atoms. The number of nitrogens with zero attached hydrogens (tertiary/aromatic N) is 2. The van der Waals surface area contributed by atoms with Gasteiger partial charge in [0.1, 0.15) is 11.6 Å². The molecule has 1 saturated heterocycles. The van der Waals surface area contributed by atoms with Gasteiger partial charge in [-0.3, -0.25) is 14.4 Å². The van der Waals surface area contributed by atoms with Crippen LogP contribution in [0.1, 0.15) is 82.1 Å². The van der Waals surface area contributed by atoms with Crippen LogP contribution in [0, 0.1) is 17.3 Å². The van der Waals surface area contributed by atoms with E-state index in [1.807, 2.05) is 34.6 Å². The van der Waals surface area contributed by atoms with E-state index < -0.39 is 47.2 Å². The van der Waals surface area contributed by atoms with Crippen molar-refractivity contribution in [3.63, 3.8) is 0 Å². The molecule has 1 aliphatic heterocycles. The second-order valence-corrected chi connectivity index (χ2v) is 13.0. The molecule has 0 aromatic rings. The number of methoxy groups -OCH3 is 1. The fourth-order valence-electron chi connectivity index (χ4n) is 4.95. The molecule has 0 aromatic carbocycles. The molecule has 0 unspecified atom stereocenters. The van der Waals surface area contributed by atoms with Crippen LogP contribution < -0.4 is 5.32 Å². The number of ether oxygens (including phenoxy) is 2. The average Bonchev–Trinajstić information content (AvgIpc) is 3.27. The molecular formula is C29H51N3O7. The SMILES string of the molecule is CO[C@H]([C@@H](C)C(=O)O)[C@@H]1CCCN1C(=O)/C(C)=C/[C@H](C(C)C)N(C)C(=O)[C@@H](NC(=O)OC(C)(C)C)C(C)(C)C. The molecule has 3 amide bonds. The third-order valence-corrected chi connectivity index (χ3v) is 7.10. The molecule has 39 heavy (non-hydrogen) atoms. The molecule has 5 atom stereocenters. The first-order chi connectivity index (χ1) is 17.7. The van der Waals surface area contributed by atoms with E-state index >= 15 is 0 Å². The number of hydrogen-bond donors (Lipinski definition) is 2. The molecule has 1 rings (SSSR count). The molecule has 0 radical (unpaired) electrons. The maximum absolute atomic E-state index is 13.7. The van der Waals surface area contributed by atoms with Crippen molar-refractivity contribution in [1.82, 2.24) is 15.1 Å². The number of likely N-dealkylation sites (tertiary alicyclic amines) is 1. The monoisotopic (exact) mass is 553 g/mol. The first-order valence-corrected chi connectivity index (χ1v) is 13.7. The number of rotatable bonds is 10. The van der Waals surface area contributed by atoms with Crippen LogP contribution in [0.5, 0.6) is 0 Å². The number of aliphatic carboxylic acids is 1. The Morgan fingerprint density at radius 1 is 1.08 bits per heavy atom. The molecule has 10 nitrogen and oxygen atoms in total. The highest BCUT2D eigenvalue weighted by Gasteiger charge is 2.41. The van der Waals surface area contributed by atoms with E-state index in [1.54, 1.807) is 57.5 Å². The smallest absolute Gasteiger partial charge is 0.408 e. The fraction of sp³-hybridized carbons (Fsp3) is 0.793. The lowest BCUT2D eigenvalue weighted by atomic mass is 9.85. The Morgan fingerprint density at radius 2 is 1.64 bits per heavy atom. The highest BCUT2D eigenvalue weighted by molar-refractivity contribution is 5.94. The number of carbonyl (C=O) groups excluding carboxylic acids is 3. The molecule has 2 N–H and O–H groups in total. The molecule has 10 heteroatoms. The predicted octanol–water partition coefficient (Wildman–Crippen LogP) is 4.08. The number of likely N-dealkylation sites (N-methyl/N-ethyl adjacent to an activating group) is 1. The summed E-state index contributed by atoms with van der Waals surface area (Å²) in [6.45, 7) is 18.6. The number of alkyl carbamates (subject to hydrolysis) is 1. The highest BCUT2D eigenvalue weighted by atomic mass is 16.6. The summed E-state index contributed by atoms with van der Waals surface area (Å²) in [5, 5.41) is 12.3. The van der Waals surface area contributed by atoms with Gasteiger partial charge in [-0.15, -0.1) is 0 Å². The second-order valence-electron chi connectivity index (χ2n) is 13.0. The summed E-state index contributed by atoms with van der Waals surface area (Å²) < 4.78 is 10.9. The van der Waals surface area contributed by atoms with Crippen LogP contribution >= 0.6 is 0 Å². The molecule has 224 valence electrons. The summed E-state index contributed by atoms with van der Waals surface area (Å²) in [7, 11) is 3.14. The maximum Gasteiger partial charge on any atom is 0.408 e. The number of carbonyl (C=O) groups is 4. The first-order valence-electron chi connectivity index (χ1n) is 13.7. The van der Waals surface area contributed by atoms with Crippen LogP contribution in [0.15, 0.2) is 11.6 Å². The van der Waals surface area contributed by atoms with Gasteiger partial charge in [-0.25, -0.2) is 4.79 Å². The van der Waals surface area contributed by atoms with E-state index in [0.29, 0.717) is 18.5 Å². The van der Waals surface area contributed by atoms with E-state index in [9.17, 15) is 24.3 Å². The minimum absolute atomic E-state index is 0.0306. The van der Waals surface area contributed by atoms with Crippen LogP contribution in [-0.4, -0.2) is 89.3 Å². The predicted molar refractivity (Wildman–Crippen MR) is 150 cm³/mol. The summed E-state index contributed by atoms with van der Waals surface area (Å²) in [4.78, 5) is 54.7. The molecule has 0 saturated carbocycles. The summed E-state index contributed by atoms with van der Waals surface area (Å²) in [6.07, 6.45) is 1.90. The average molecular weight is 554 g/mol. The molecule has 0 aliphatic carbocycles. The topological polar surface area (TPSA) is 125 Å². The van der Waals surface area contributed by atoms with Gasteiger partial charge in [0, 0.05) is 26.3 Å². The molecule has 0 aromatic heterocycles. The Balaban J connectivity index is 3.24. The van der Waals surface area contributed by atoms with Gasteiger partial charge in [-0.2, -0.15) is 0 Å². The van der Waals surface area contributed by atoms with Crippen molar-refractivity contribution in [2.75, 3.05) is 20.7 Å². The van der Waals surface area contributed by atoms with E-state index in [1.165, 1.54) is 7.11 Å². The molecule has 0 bridgehead atoms. The zero-order valence-electron chi connectivity index (χ0n) is 26.0. The summed E-state index contributed by atoms with van der Waals surface area (Å²) in [6, 6.07) is -1.63. The number of nitrogens with one attached hydrogen (secondary N) is 1. The van der Waals surface area contributed by atoms with Gasteiger partial charge in [0.15, 0.2) is 0 Å². The molecular weight excluding hydrogens is 502 g/mol. The van der Waals surface area contributed by atoms with Crippen LogP contribution in [0.4, 0.5) is 4.79 Å². The Bertz CT molecular complexity index is 917. The van der Waals surface area contributed by atoms with Gasteiger partial charge in [0.25, 0.3) is 0 Å². The van der Waals surface area contributed by atoms with Gasteiger partial charge in [-0.1, -0.05) is 40.7 Å². The summed E-state index contributed by atoms with van der Waals surface area (Å²) >= 11 is 0. The van der Waals surface area contributed by atoms with E-state index in [-0.39, 0.29) is 23.8 Å². The fourth-order valence-corrected chi connectivity index (χ4v) is 4.95. The zero-order chi connectivity index (χ0) is 30.5. The lowest BCUT2D eigenvalue weighted by Gasteiger charge is -2.38. The van der Waals surface area contributed by atoms with Crippen molar-refractivity contribution in [1.29, 1.82) is 0 Å². The standard InChI is InChI=1S/C29H51N3O7/c1-17(2)21(31(11)25(34)23(28(5,6)7)30-27(37)39-29(8,9)10)16-18(3)24(33)32-15-13-14-20(32)22(38-12)19(4)26(35)36/h16-17,19-23H,13-15H2,1-12H3,(H,30,37)(H,35,36)/b18-16+/t19-,20+,21-,22-,23-/m1/s1. The minimum Gasteiger partial charge on any atom is -0.481 e. The normalized spacial score (nSPS) is 19.8. The van der Waals surface area contributed by atoms with Crippen molar-refractivity contribution in [3.8, 4) is 0 Å². The Morgan fingerprint density at radius 3 is 2.08 bits per heavy atom. The summed E-state index contributed by atoms with van der Waals surface area (Å²) in [5.41, 5.74) is -0.845. The second kappa shape index (κ2) is 13.6. The lowest BCUT2D eigenvalue weighted by Crippen LogP contribution is -2.57. The third-order valence-electron chi connectivity index (χ3n) is 7.10. The molecule has 1 aliphatic rings. The Kier molecular flexibility index (Phi) is 12.0. The lowest BCUT2D eigenvalue weighted by molar-refractivity contribution is -0.149. The van der Waals surface area contributed by atoms with E-state index in [2.05, 4.69) is 5.32 Å². The third kappa shape index (κ3) is 9.51. The number of carboxylic acids is 1. The first kappa shape index (κ1) is 34.4. The van der Waals surface area contributed by atoms with Gasteiger partial charge in [-0.05, 0) is 58.8 Å². The highest BCUT2D eigenvalue weighted by Crippen LogP contribution is 2.29. The van der Waals surface area contributed by atoms with Gasteiger partial charge in [0.2, 0.25) is 11.8 Å². The number of hydrogen-bond acceptors (Lipinski definition) is 6.